The van der Waals surface area contributed by atoms with E-state index in [1.807, 2.05) is 11.7 Å². The zero-order valence-electron chi connectivity index (χ0n) is 8.43. The van der Waals surface area contributed by atoms with Gasteiger partial charge in [0.15, 0.2) is 6.19 Å². The van der Waals surface area contributed by atoms with Crippen molar-refractivity contribution >= 4 is 28.9 Å². The lowest BCUT2D eigenvalue weighted by atomic mass is 10.6. The minimum Gasteiger partial charge on any atom is -0.281 e. The Kier molecular flexibility index (Phi) is 5.81. The second kappa shape index (κ2) is 7.26. The highest BCUT2D eigenvalue weighted by atomic mass is 32.2. The van der Waals surface area contributed by atoms with Crippen molar-refractivity contribution in [3.8, 4) is 6.19 Å². The van der Waals surface area contributed by atoms with Gasteiger partial charge in [-0.3, -0.25) is 10.3 Å². The maximum absolute atomic E-state index is 8.31. The van der Waals surface area contributed by atoms with Crippen LogP contribution >= 0.6 is 23.1 Å². The molecular formula is C9H12N4S2. The van der Waals surface area contributed by atoms with Gasteiger partial charge >= 0.3 is 0 Å². The number of hydrogen-bond acceptors (Lipinski definition) is 5. The van der Waals surface area contributed by atoms with Crippen molar-refractivity contribution in [2.75, 3.05) is 12.3 Å². The van der Waals surface area contributed by atoms with Crippen LogP contribution in [0.4, 0.5) is 0 Å². The molecule has 0 radical (unpaired) electrons. The summed E-state index contributed by atoms with van der Waals surface area (Å²) in [4.78, 5) is 8.36. The molecule has 4 nitrogen and oxygen atoms in total. The highest BCUT2D eigenvalue weighted by Gasteiger charge is 1.94. The van der Waals surface area contributed by atoms with Gasteiger partial charge < -0.3 is 0 Å². The highest BCUT2D eigenvalue weighted by Crippen LogP contribution is 2.11. The fourth-order valence-corrected chi connectivity index (χ4v) is 2.28. The van der Waals surface area contributed by atoms with Crippen LogP contribution in [0.15, 0.2) is 15.9 Å². The quantitative estimate of drug-likeness (QED) is 0.280. The molecule has 1 rings (SSSR count). The third kappa shape index (κ3) is 5.40. The van der Waals surface area contributed by atoms with E-state index >= 15 is 0 Å². The van der Waals surface area contributed by atoms with Crippen molar-refractivity contribution in [3.05, 3.63) is 16.6 Å². The first-order valence-corrected chi connectivity index (χ1v) is 6.53. The Morgan fingerprint density at radius 3 is 3.33 bits per heavy atom. The maximum atomic E-state index is 8.31. The maximum Gasteiger partial charge on any atom is 0.182 e. The molecule has 0 aliphatic heterocycles. The molecule has 80 valence electrons. The van der Waals surface area contributed by atoms with Crippen molar-refractivity contribution in [2.24, 2.45) is 4.99 Å². The summed E-state index contributed by atoms with van der Waals surface area (Å²) in [5.41, 5.74) is 2.97. The van der Waals surface area contributed by atoms with Crippen LogP contribution in [0, 0.1) is 11.5 Å². The summed E-state index contributed by atoms with van der Waals surface area (Å²) in [5, 5.41) is 12.8. The summed E-state index contributed by atoms with van der Waals surface area (Å²) < 4.78 is 0. The van der Waals surface area contributed by atoms with E-state index in [1.54, 1.807) is 30.0 Å². The Labute approximate surface area is 97.4 Å². The summed E-state index contributed by atoms with van der Waals surface area (Å²) in [5.74, 6) is 2.55. The van der Waals surface area contributed by atoms with Crippen LogP contribution in [-0.4, -0.2) is 23.1 Å². The lowest BCUT2D eigenvalue weighted by Gasteiger charge is -1.97. The van der Waals surface area contributed by atoms with Gasteiger partial charge in [0.1, 0.15) is 5.84 Å². The van der Waals surface area contributed by atoms with Crippen LogP contribution in [0.2, 0.25) is 0 Å². The van der Waals surface area contributed by atoms with Crippen molar-refractivity contribution in [1.82, 2.24) is 10.3 Å². The molecule has 1 N–H and O–H groups in total. The molecule has 0 fully saturated rings. The van der Waals surface area contributed by atoms with Crippen molar-refractivity contribution < 1.29 is 0 Å². The van der Waals surface area contributed by atoms with Gasteiger partial charge in [-0.1, -0.05) is 0 Å². The van der Waals surface area contributed by atoms with Gasteiger partial charge in [-0.05, 0) is 6.92 Å². The number of hydrogen-bond donors (Lipinski definition) is 1. The number of thioether (sulfide) groups is 1. The first-order chi connectivity index (χ1) is 7.33. The Morgan fingerprint density at radius 2 is 2.67 bits per heavy atom. The first-order valence-electron chi connectivity index (χ1n) is 4.44. The van der Waals surface area contributed by atoms with Crippen molar-refractivity contribution in [2.45, 2.75) is 12.7 Å². The second-order valence-corrected chi connectivity index (χ2v) is 4.56. The fraction of sp³-hybridized carbons (Fsp3) is 0.444. The number of nitrogens with one attached hydrogen (secondary N) is 1. The van der Waals surface area contributed by atoms with Gasteiger partial charge in [-0.15, -0.1) is 11.3 Å². The first kappa shape index (κ1) is 12.0. The predicted molar refractivity (Wildman–Crippen MR) is 65.0 cm³/mol. The average molecular weight is 240 g/mol. The molecule has 0 saturated carbocycles. The minimum atomic E-state index is 0.673. The van der Waals surface area contributed by atoms with Gasteiger partial charge in [0.2, 0.25) is 0 Å². The summed E-state index contributed by atoms with van der Waals surface area (Å²) in [6.45, 7) is 2.52. The van der Waals surface area contributed by atoms with Gasteiger partial charge in [0.05, 0.1) is 17.7 Å². The highest BCUT2D eigenvalue weighted by molar-refractivity contribution is 7.98. The van der Waals surface area contributed by atoms with E-state index in [0.29, 0.717) is 5.84 Å². The lowest BCUT2D eigenvalue weighted by Crippen LogP contribution is -2.13. The zero-order valence-corrected chi connectivity index (χ0v) is 10.1. The Morgan fingerprint density at radius 1 is 1.80 bits per heavy atom. The summed E-state index contributed by atoms with van der Waals surface area (Å²) in [6.07, 6.45) is 1.83. The van der Waals surface area contributed by atoms with Crippen LogP contribution in [0.3, 0.4) is 0 Å². The van der Waals surface area contributed by atoms with Crippen LogP contribution in [0.25, 0.3) is 0 Å². The average Bonchev–Trinajstić information content (AvgIpc) is 2.70. The third-order valence-electron chi connectivity index (χ3n) is 1.55. The summed E-state index contributed by atoms with van der Waals surface area (Å²) >= 11 is 3.41. The van der Waals surface area contributed by atoms with Crippen LogP contribution in [0.5, 0.6) is 0 Å². The number of thiazole rings is 1. The van der Waals surface area contributed by atoms with Gasteiger partial charge in [0.25, 0.3) is 0 Å². The topological polar surface area (TPSA) is 61.1 Å². The monoisotopic (exact) mass is 240 g/mol. The number of aromatic nitrogens is 1. The minimum absolute atomic E-state index is 0.673. The molecule has 0 aromatic carbocycles. The molecule has 15 heavy (non-hydrogen) atoms. The molecule has 0 bridgehead atoms. The van der Waals surface area contributed by atoms with E-state index in [0.717, 1.165) is 23.7 Å². The SMILES string of the molecule is CC(=NCCSCc1cscn1)NC#N. The summed E-state index contributed by atoms with van der Waals surface area (Å²) in [6, 6.07) is 0. The smallest absolute Gasteiger partial charge is 0.182 e. The predicted octanol–water partition coefficient (Wildman–Crippen LogP) is 1.87. The van der Waals surface area contributed by atoms with E-state index in [2.05, 4.69) is 20.7 Å². The van der Waals surface area contributed by atoms with Gasteiger partial charge in [0, 0.05) is 16.9 Å². The van der Waals surface area contributed by atoms with Gasteiger partial charge in [-0.2, -0.15) is 17.0 Å². The zero-order chi connectivity index (χ0) is 10.9. The molecule has 0 aliphatic rings. The molecular weight excluding hydrogens is 228 g/mol. The molecule has 1 heterocycles. The molecule has 1 aromatic rings. The fourth-order valence-electron chi connectivity index (χ4n) is 0.884. The summed E-state index contributed by atoms with van der Waals surface area (Å²) in [7, 11) is 0. The van der Waals surface area contributed by atoms with Crippen molar-refractivity contribution in [1.29, 1.82) is 5.26 Å². The van der Waals surface area contributed by atoms with E-state index in [-0.39, 0.29) is 0 Å². The van der Waals surface area contributed by atoms with Crippen LogP contribution in [-0.2, 0) is 5.75 Å². The van der Waals surface area contributed by atoms with E-state index in [1.165, 1.54) is 0 Å². The number of aliphatic imine (C=N–C) groups is 1. The van der Waals surface area contributed by atoms with Gasteiger partial charge in [-0.25, -0.2) is 4.98 Å². The standard InChI is InChI=1S/C9H12N4S2/c1-8(12-6-10)11-2-3-14-4-9-5-15-7-13-9/h5,7H,2-4H2,1H3,(H,11,12). The number of rotatable bonds is 5. The molecule has 0 atom stereocenters. The molecule has 1 aromatic heterocycles. The molecule has 0 spiro atoms. The van der Waals surface area contributed by atoms with E-state index in [9.17, 15) is 0 Å². The molecule has 0 aliphatic carbocycles. The number of amidine groups is 1. The van der Waals surface area contributed by atoms with E-state index < -0.39 is 0 Å². The van der Waals surface area contributed by atoms with Crippen molar-refractivity contribution in [3.63, 3.8) is 0 Å². The van der Waals surface area contributed by atoms with E-state index in [4.69, 9.17) is 5.26 Å². The third-order valence-corrected chi connectivity index (χ3v) is 3.16. The lowest BCUT2D eigenvalue weighted by molar-refractivity contribution is 1.09. The second-order valence-electron chi connectivity index (χ2n) is 2.74. The molecule has 0 saturated heterocycles. The molecule has 0 unspecified atom stereocenters. The Hall–Kier alpha value is -1.06. The van der Waals surface area contributed by atoms with Crippen LogP contribution < -0.4 is 5.32 Å². The van der Waals surface area contributed by atoms with Crippen LogP contribution in [0.1, 0.15) is 12.6 Å². The number of nitrogens with zero attached hydrogens (tertiary/aromatic N) is 3. The normalized spacial score (nSPS) is 11.1. The molecule has 6 heteroatoms. The Bertz CT molecular complexity index is 339. The largest absolute Gasteiger partial charge is 0.281 e. The Balaban J connectivity index is 2.07. The number of nitriles is 1. The molecule has 0 amide bonds.